The Bertz CT molecular complexity index is 901. The van der Waals surface area contributed by atoms with E-state index >= 15 is 0 Å². The molecule has 0 saturated heterocycles. The number of halogens is 1. The first-order valence-electron chi connectivity index (χ1n) is 8.18. The van der Waals surface area contributed by atoms with Crippen molar-refractivity contribution in [2.24, 2.45) is 0 Å². The SMILES string of the molecule is CC(C)Oc1cccc(Nc2ncc(F)c(Nc3cccc(N)c3)n2)c1. The minimum Gasteiger partial charge on any atom is -0.491 e. The molecule has 3 aromatic rings. The normalized spacial score (nSPS) is 10.6. The summed E-state index contributed by atoms with van der Waals surface area (Å²) in [6.07, 6.45) is 1.18. The Morgan fingerprint density at radius 2 is 1.77 bits per heavy atom. The van der Waals surface area contributed by atoms with Crippen molar-refractivity contribution in [1.29, 1.82) is 0 Å². The first-order valence-corrected chi connectivity index (χ1v) is 8.18. The molecular weight excluding hydrogens is 333 g/mol. The molecule has 0 spiro atoms. The molecule has 134 valence electrons. The molecule has 0 aliphatic carbocycles. The Balaban J connectivity index is 1.79. The molecule has 4 N–H and O–H groups in total. The minimum atomic E-state index is -0.560. The molecule has 0 atom stereocenters. The average molecular weight is 353 g/mol. The Hall–Kier alpha value is -3.35. The van der Waals surface area contributed by atoms with Gasteiger partial charge >= 0.3 is 0 Å². The van der Waals surface area contributed by atoms with E-state index in [1.54, 1.807) is 24.3 Å². The number of hydrogen-bond acceptors (Lipinski definition) is 6. The maximum atomic E-state index is 14.0. The van der Waals surface area contributed by atoms with Crippen LogP contribution >= 0.6 is 0 Å². The first-order chi connectivity index (χ1) is 12.5. The highest BCUT2D eigenvalue weighted by molar-refractivity contribution is 5.63. The lowest BCUT2D eigenvalue weighted by atomic mass is 10.3. The average Bonchev–Trinajstić information content (AvgIpc) is 2.58. The summed E-state index contributed by atoms with van der Waals surface area (Å²) >= 11 is 0. The number of rotatable bonds is 6. The van der Waals surface area contributed by atoms with Crippen molar-refractivity contribution in [3.05, 3.63) is 60.5 Å². The van der Waals surface area contributed by atoms with E-state index in [4.69, 9.17) is 10.5 Å². The zero-order valence-corrected chi connectivity index (χ0v) is 14.5. The highest BCUT2D eigenvalue weighted by Crippen LogP contribution is 2.23. The van der Waals surface area contributed by atoms with Crippen molar-refractivity contribution in [2.75, 3.05) is 16.4 Å². The Morgan fingerprint density at radius 1 is 1.04 bits per heavy atom. The van der Waals surface area contributed by atoms with Crippen LogP contribution in [0.1, 0.15) is 13.8 Å². The lowest BCUT2D eigenvalue weighted by molar-refractivity contribution is 0.242. The maximum Gasteiger partial charge on any atom is 0.229 e. The van der Waals surface area contributed by atoms with Crippen molar-refractivity contribution in [1.82, 2.24) is 9.97 Å². The van der Waals surface area contributed by atoms with Gasteiger partial charge in [-0.25, -0.2) is 9.37 Å². The second kappa shape index (κ2) is 7.69. The standard InChI is InChI=1S/C19H20FN5O/c1-12(2)26-16-8-4-7-15(10-16)24-19-22-11-17(20)18(25-19)23-14-6-3-5-13(21)9-14/h3-12H,21H2,1-2H3,(H2,22,23,24,25). The molecule has 0 aliphatic rings. The number of aromatic nitrogens is 2. The van der Waals surface area contributed by atoms with Crippen LogP contribution in [-0.4, -0.2) is 16.1 Å². The van der Waals surface area contributed by atoms with Crippen LogP contribution in [0.3, 0.4) is 0 Å². The van der Waals surface area contributed by atoms with E-state index < -0.39 is 5.82 Å². The quantitative estimate of drug-likeness (QED) is 0.567. The molecule has 1 aromatic heterocycles. The molecule has 2 aromatic carbocycles. The highest BCUT2D eigenvalue weighted by atomic mass is 19.1. The van der Waals surface area contributed by atoms with Crippen molar-refractivity contribution in [3.8, 4) is 5.75 Å². The summed E-state index contributed by atoms with van der Waals surface area (Å²) in [5, 5.41) is 5.95. The van der Waals surface area contributed by atoms with Gasteiger partial charge in [-0.3, -0.25) is 0 Å². The number of nitrogens with one attached hydrogen (secondary N) is 2. The van der Waals surface area contributed by atoms with Gasteiger partial charge in [0.15, 0.2) is 11.6 Å². The van der Waals surface area contributed by atoms with Gasteiger partial charge in [0.05, 0.1) is 12.3 Å². The van der Waals surface area contributed by atoms with E-state index in [9.17, 15) is 4.39 Å². The summed E-state index contributed by atoms with van der Waals surface area (Å²) in [7, 11) is 0. The third-order valence-electron chi connectivity index (χ3n) is 3.36. The summed E-state index contributed by atoms with van der Waals surface area (Å²) in [5.41, 5.74) is 7.69. The van der Waals surface area contributed by atoms with Crippen LogP contribution in [0.2, 0.25) is 0 Å². The van der Waals surface area contributed by atoms with E-state index in [1.165, 1.54) is 0 Å². The summed E-state index contributed by atoms with van der Waals surface area (Å²) in [6.45, 7) is 3.91. The summed E-state index contributed by atoms with van der Waals surface area (Å²) in [5.74, 6) is 0.488. The molecule has 3 rings (SSSR count). The highest BCUT2D eigenvalue weighted by Gasteiger charge is 2.09. The molecule has 7 heteroatoms. The van der Waals surface area contributed by atoms with Crippen LogP contribution < -0.4 is 21.1 Å². The van der Waals surface area contributed by atoms with Gasteiger partial charge in [-0.05, 0) is 44.2 Å². The zero-order chi connectivity index (χ0) is 18.5. The van der Waals surface area contributed by atoms with Crippen molar-refractivity contribution in [3.63, 3.8) is 0 Å². The van der Waals surface area contributed by atoms with E-state index in [-0.39, 0.29) is 17.9 Å². The molecular formula is C19H20FN5O. The molecule has 0 aliphatic heterocycles. The lowest BCUT2D eigenvalue weighted by Gasteiger charge is -2.12. The van der Waals surface area contributed by atoms with E-state index in [2.05, 4.69) is 20.6 Å². The topological polar surface area (TPSA) is 85.1 Å². The molecule has 26 heavy (non-hydrogen) atoms. The van der Waals surface area contributed by atoms with Gasteiger partial charge in [-0.15, -0.1) is 0 Å². The smallest absolute Gasteiger partial charge is 0.229 e. The van der Waals surface area contributed by atoms with Gasteiger partial charge in [0.25, 0.3) is 0 Å². The Kier molecular flexibility index (Phi) is 5.17. The number of anilines is 5. The molecule has 0 fully saturated rings. The van der Waals surface area contributed by atoms with Gasteiger partial charge < -0.3 is 21.1 Å². The minimum absolute atomic E-state index is 0.0580. The second-order valence-corrected chi connectivity index (χ2v) is 5.96. The van der Waals surface area contributed by atoms with Crippen molar-refractivity contribution >= 4 is 28.8 Å². The van der Waals surface area contributed by atoms with Gasteiger partial charge in [0, 0.05) is 23.1 Å². The van der Waals surface area contributed by atoms with Gasteiger partial charge in [-0.1, -0.05) is 12.1 Å². The molecule has 0 unspecified atom stereocenters. The molecule has 1 heterocycles. The largest absolute Gasteiger partial charge is 0.491 e. The predicted molar refractivity (Wildman–Crippen MR) is 102 cm³/mol. The molecule has 0 bridgehead atoms. The van der Waals surface area contributed by atoms with Gasteiger partial charge in [0.2, 0.25) is 5.95 Å². The fraction of sp³-hybridized carbons (Fsp3) is 0.158. The van der Waals surface area contributed by atoms with Crippen LogP contribution in [0.4, 0.5) is 33.2 Å². The number of hydrogen-bond donors (Lipinski definition) is 3. The monoisotopic (exact) mass is 353 g/mol. The maximum absolute atomic E-state index is 14.0. The Labute approximate surface area is 151 Å². The van der Waals surface area contributed by atoms with E-state index in [1.807, 2.05) is 38.1 Å². The fourth-order valence-electron chi connectivity index (χ4n) is 2.32. The first kappa shape index (κ1) is 17.5. The number of nitrogen functional groups attached to an aromatic ring is 1. The Morgan fingerprint density at radius 3 is 2.50 bits per heavy atom. The number of ether oxygens (including phenoxy) is 1. The molecule has 6 nitrogen and oxygen atoms in total. The van der Waals surface area contributed by atoms with Crippen molar-refractivity contribution < 1.29 is 9.13 Å². The van der Waals surface area contributed by atoms with Crippen LogP contribution in [0.5, 0.6) is 5.75 Å². The summed E-state index contributed by atoms with van der Waals surface area (Å²) in [6, 6.07) is 14.4. The molecule has 0 amide bonds. The fourth-order valence-corrected chi connectivity index (χ4v) is 2.32. The van der Waals surface area contributed by atoms with Crippen LogP contribution in [-0.2, 0) is 0 Å². The molecule has 0 saturated carbocycles. The van der Waals surface area contributed by atoms with Crippen LogP contribution in [0.15, 0.2) is 54.7 Å². The number of nitrogens with zero attached hydrogens (tertiary/aromatic N) is 2. The van der Waals surface area contributed by atoms with E-state index in [0.29, 0.717) is 11.4 Å². The van der Waals surface area contributed by atoms with E-state index in [0.717, 1.165) is 17.6 Å². The van der Waals surface area contributed by atoms with Gasteiger partial charge in [0.1, 0.15) is 5.75 Å². The summed E-state index contributed by atoms with van der Waals surface area (Å²) < 4.78 is 19.7. The zero-order valence-electron chi connectivity index (χ0n) is 14.5. The van der Waals surface area contributed by atoms with Gasteiger partial charge in [-0.2, -0.15) is 4.98 Å². The molecule has 0 radical (unpaired) electrons. The van der Waals surface area contributed by atoms with Crippen molar-refractivity contribution in [2.45, 2.75) is 20.0 Å². The van der Waals surface area contributed by atoms with Crippen LogP contribution in [0, 0.1) is 5.82 Å². The summed E-state index contributed by atoms with van der Waals surface area (Å²) in [4.78, 5) is 8.17. The second-order valence-electron chi connectivity index (χ2n) is 5.96. The van der Waals surface area contributed by atoms with Crippen LogP contribution in [0.25, 0.3) is 0 Å². The third-order valence-corrected chi connectivity index (χ3v) is 3.36. The predicted octanol–water partition coefficient (Wildman–Crippen LogP) is 4.47. The third kappa shape index (κ3) is 4.60. The number of nitrogens with two attached hydrogens (primary N) is 1. The number of benzene rings is 2. The lowest BCUT2D eigenvalue weighted by Crippen LogP contribution is -2.06.